The summed E-state index contributed by atoms with van der Waals surface area (Å²) in [7, 11) is 0. The summed E-state index contributed by atoms with van der Waals surface area (Å²) in [6, 6.07) is 0. The van der Waals surface area contributed by atoms with Crippen molar-refractivity contribution in [1.29, 1.82) is 0 Å². The molecular formula is C31H48O4. The Balaban J connectivity index is 1.45. The average molecular weight is 485 g/mol. The van der Waals surface area contributed by atoms with Crippen LogP contribution in [0, 0.1) is 50.7 Å². The van der Waals surface area contributed by atoms with Crippen molar-refractivity contribution in [3.05, 3.63) is 12.2 Å². The highest BCUT2D eigenvalue weighted by molar-refractivity contribution is 5.95. The minimum atomic E-state index is -0.793. The van der Waals surface area contributed by atoms with Gasteiger partial charge >= 0.3 is 0 Å². The molecule has 2 unspecified atom stereocenters. The summed E-state index contributed by atoms with van der Waals surface area (Å²) in [5.41, 5.74) is -1.05. The predicted molar refractivity (Wildman–Crippen MR) is 136 cm³/mol. The molecule has 1 N–H and O–H groups in total. The number of hydrogen-bond acceptors (Lipinski definition) is 4. The van der Waals surface area contributed by atoms with Crippen LogP contribution in [0.3, 0.4) is 0 Å². The number of aliphatic hydroxyl groups is 1. The monoisotopic (exact) mass is 484 g/mol. The molecule has 0 aromatic heterocycles. The summed E-state index contributed by atoms with van der Waals surface area (Å²) in [6.07, 6.45) is 11.3. The Morgan fingerprint density at radius 3 is 2.37 bits per heavy atom. The standard InChI is InChI=1S/C31H48O4/c1-19(2)15-20-16-29(8,33)24-28(7)14-10-22-26(5)12-11-23(32)25(3,4)21(26)9-13-27(22,6)30(28)17-31(24,35-20)34-18-30/h11-12,19-22,24,33H,9-10,13-18H2,1-8H3/t20-,21+,22-,24?,26+,27-,28-,29?,30-,31+/m1/s1. The Bertz CT molecular complexity index is 980. The fourth-order valence-corrected chi connectivity index (χ4v) is 11.9. The van der Waals surface area contributed by atoms with E-state index in [9.17, 15) is 9.90 Å². The Morgan fingerprint density at radius 2 is 1.69 bits per heavy atom. The maximum absolute atomic E-state index is 12.9. The molecule has 0 aromatic rings. The van der Waals surface area contributed by atoms with Crippen LogP contribution < -0.4 is 0 Å². The van der Waals surface area contributed by atoms with Gasteiger partial charge in [-0.2, -0.15) is 0 Å². The first-order chi connectivity index (χ1) is 16.1. The van der Waals surface area contributed by atoms with Gasteiger partial charge in [-0.1, -0.05) is 54.5 Å². The lowest BCUT2D eigenvalue weighted by molar-refractivity contribution is -0.363. The van der Waals surface area contributed by atoms with Crippen molar-refractivity contribution >= 4 is 5.78 Å². The molecule has 4 nitrogen and oxygen atoms in total. The van der Waals surface area contributed by atoms with E-state index < -0.39 is 11.4 Å². The molecule has 196 valence electrons. The number of carbonyl (C=O) groups excluding carboxylic acids is 1. The summed E-state index contributed by atoms with van der Waals surface area (Å²) in [6.45, 7) is 19.1. The van der Waals surface area contributed by atoms with E-state index in [4.69, 9.17) is 9.47 Å². The van der Waals surface area contributed by atoms with Crippen LogP contribution >= 0.6 is 0 Å². The molecule has 2 heterocycles. The molecule has 4 heteroatoms. The summed E-state index contributed by atoms with van der Waals surface area (Å²) in [5.74, 6) is 1.03. The van der Waals surface area contributed by atoms with Gasteiger partial charge in [0.15, 0.2) is 11.6 Å². The van der Waals surface area contributed by atoms with Crippen LogP contribution in [0.5, 0.6) is 0 Å². The minimum Gasteiger partial charge on any atom is -0.390 e. The lowest BCUT2D eigenvalue weighted by atomic mass is 9.33. The maximum Gasteiger partial charge on any atom is 0.175 e. The van der Waals surface area contributed by atoms with E-state index in [-0.39, 0.29) is 44.9 Å². The second-order valence-electron chi connectivity index (χ2n) is 15.5. The van der Waals surface area contributed by atoms with E-state index in [0.29, 0.717) is 24.2 Å². The smallest absolute Gasteiger partial charge is 0.175 e. The van der Waals surface area contributed by atoms with Crippen molar-refractivity contribution in [1.82, 2.24) is 0 Å². The lowest BCUT2D eigenvalue weighted by Gasteiger charge is -2.71. The maximum atomic E-state index is 12.9. The van der Waals surface area contributed by atoms with Crippen molar-refractivity contribution in [3.8, 4) is 0 Å². The van der Waals surface area contributed by atoms with Crippen LogP contribution in [0.1, 0.15) is 100 Å². The van der Waals surface area contributed by atoms with Crippen molar-refractivity contribution in [3.63, 3.8) is 0 Å². The van der Waals surface area contributed by atoms with Crippen molar-refractivity contribution in [2.45, 2.75) is 118 Å². The lowest BCUT2D eigenvalue weighted by Crippen LogP contribution is -2.70. The number of rotatable bonds is 2. The Labute approximate surface area is 212 Å². The van der Waals surface area contributed by atoms with Crippen LogP contribution in [0.2, 0.25) is 0 Å². The molecule has 6 rings (SSSR count). The Morgan fingerprint density at radius 1 is 1.03 bits per heavy atom. The quantitative estimate of drug-likeness (QED) is 0.499. The number of allylic oxidation sites excluding steroid dienone is 2. The third-order valence-electron chi connectivity index (χ3n) is 13.0. The molecule has 0 radical (unpaired) electrons. The van der Waals surface area contributed by atoms with Gasteiger partial charge in [-0.15, -0.1) is 0 Å². The van der Waals surface area contributed by atoms with Crippen LogP contribution in [0.25, 0.3) is 0 Å². The summed E-state index contributed by atoms with van der Waals surface area (Å²) < 4.78 is 13.8. The highest BCUT2D eigenvalue weighted by Gasteiger charge is 2.84. The number of hydrogen-bond donors (Lipinski definition) is 1. The van der Waals surface area contributed by atoms with E-state index >= 15 is 0 Å². The fraction of sp³-hybridized carbons (Fsp3) is 0.903. The zero-order valence-corrected chi connectivity index (χ0v) is 23.4. The van der Waals surface area contributed by atoms with Crippen LogP contribution in [-0.2, 0) is 14.3 Å². The molecule has 2 saturated heterocycles. The van der Waals surface area contributed by atoms with Crippen LogP contribution in [0.15, 0.2) is 12.2 Å². The Hall–Kier alpha value is -0.710. The van der Waals surface area contributed by atoms with Gasteiger partial charge in [-0.25, -0.2) is 0 Å². The number of carbonyl (C=O) groups is 1. The second kappa shape index (κ2) is 6.83. The van der Waals surface area contributed by atoms with E-state index in [1.165, 1.54) is 0 Å². The zero-order valence-electron chi connectivity index (χ0n) is 23.4. The summed E-state index contributed by atoms with van der Waals surface area (Å²) in [4.78, 5) is 12.9. The first-order valence-corrected chi connectivity index (χ1v) is 14.4. The highest BCUT2D eigenvalue weighted by Crippen LogP contribution is 2.83. The number of fused-ring (bicyclic) bond motifs is 4. The van der Waals surface area contributed by atoms with Gasteiger partial charge in [0, 0.05) is 29.6 Å². The molecule has 2 spiro atoms. The molecule has 35 heavy (non-hydrogen) atoms. The molecule has 0 amide bonds. The molecule has 10 atom stereocenters. The molecular weight excluding hydrogens is 436 g/mol. The van der Waals surface area contributed by atoms with Gasteiger partial charge in [0.1, 0.15) is 0 Å². The average Bonchev–Trinajstić information content (AvgIpc) is 3.20. The molecule has 0 aromatic carbocycles. The largest absolute Gasteiger partial charge is 0.390 e. The van der Waals surface area contributed by atoms with E-state index in [1.54, 1.807) is 0 Å². The molecule has 2 aliphatic heterocycles. The van der Waals surface area contributed by atoms with Crippen molar-refractivity contribution in [2.75, 3.05) is 6.61 Å². The molecule has 4 aliphatic carbocycles. The molecule has 3 saturated carbocycles. The SMILES string of the molecule is CC(C)C[C@@H]1CC(C)(O)C2[C@]3(C[C@]4(CO3)[C@]2(C)CC[C@@H]2[C@@]3(C)C=CC(=O)C(C)(C)[C@@H]3CC[C@]24C)O1. The highest BCUT2D eigenvalue weighted by atomic mass is 16.7. The van der Waals surface area contributed by atoms with E-state index in [1.807, 2.05) is 6.08 Å². The third kappa shape index (κ3) is 2.68. The molecule has 6 aliphatic rings. The number of ketones is 1. The Kier molecular flexibility index (Phi) is 4.80. The minimum absolute atomic E-state index is 0.00267. The number of ether oxygens (including phenoxy) is 2. The predicted octanol–water partition coefficient (Wildman–Crippen LogP) is 6.31. The first-order valence-electron chi connectivity index (χ1n) is 14.4. The van der Waals surface area contributed by atoms with Crippen LogP contribution in [0.4, 0.5) is 0 Å². The second-order valence-corrected chi connectivity index (χ2v) is 15.5. The van der Waals surface area contributed by atoms with Gasteiger partial charge in [-0.3, -0.25) is 4.79 Å². The third-order valence-corrected chi connectivity index (χ3v) is 13.0. The summed E-state index contributed by atoms with van der Waals surface area (Å²) in [5, 5.41) is 12.1. The topological polar surface area (TPSA) is 55.8 Å². The van der Waals surface area contributed by atoms with Gasteiger partial charge < -0.3 is 14.6 Å². The van der Waals surface area contributed by atoms with Crippen molar-refractivity contribution in [2.24, 2.45) is 50.7 Å². The van der Waals surface area contributed by atoms with Gasteiger partial charge in [-0.05, 0) is 79.1 Å². The molecule has 5 fully saturated rings. The molecule has 2 bridgehead atoms. The van der Waals surface area contributed by atoms with E-state index in [0.717, 1.165) is 45.1 Å². The van der Waals surface area contributed by atoms with Crippen LogP contribution in [-0.4, -0.2) is 35.0 Å². The van der Waals surface area contributed by atoms with Gasteiger partial charge in [0.25, 0.3) is 0 Å². The zero-order chi connectivity index (χ0) is 25.4. The summed E-state index contributed by atoms with van der Waals surface area (Å²) >= 11 is 0. The first kappa shape index (κ1) is 24.6. The van der Waals surface area contributed by atoms with Gasteiger partial charge in [0.05, 0.1) is 18.3 Å². The van der Waals surface area contributed by atoms with E-state index in [2.05, 4.69) is 61.5 Å². The van der Waals surface area contributed by atoms with Gasteiger partial charge in [0.2, 0.25) is 0 Å². The fourth-order valence-electron chi connectivity index (χ4n) is 11.9. The van der Waals surface area contributed by atoms with Crippen molar-refractivity contribution < 1.29 is 19.4 Å². The normalized spacial score (nSPS) is 58.1.